The number of thiophene rings is 1. The van der Waals surface area contributed by atoms with Gasteiger partial charge in [0, 0.05) is 27.9 Å². The average Bonchev–Trinajstić information content (AvgIpc) is 3.26. The van der Waals surface area contributed by atoms with Gasteiger partial charge in [-0.15, -0.1) is 11.3 Å². The Kier molecular flexibility index (Phi) is 6.63. The minimum Gasteiger partial charge on any atom is -0.375 e. The molecule has 1 saturated carbocycles. The van der Waals surface area contributed by atoms with E-state index in [2.05, 4.69) is 43.2 Å². The summed E-state index contributed by atoms with van der Waals surface area (Å²) in [5, 5.41) is 3.63. The Morgan fingerprint density at radius 1 is 1.11 bits per heavy atom. The van der Waals surface area contributed by atoms with Crippen LogP contribution in [-0.4, -0.2) is 18.8 Å². The Morgan fingerprint density at radius 2 is 1.86 bits per heavy atom. The van der Waals surface area contributed by atoms with E-state index in [4.69, 9.17) is 4.74 Å². The highest BCUT2D eigenvalue weighted by atomic mass is 79.9. The minimum absolute atomic E-state index is 0.0378. The van der Waals surface area contributed by atoms with Crippen molar-refractivity contribution in [1.82, 2.24) is 5.32 Å². The van der Waals surface area contributed by atoms with E-state index in [-0.39, 0.29) is 16.8 Å². The fourth-order valence-corrected chi connectivity index (χ4v) is 7.13. The molecule has 2 fully saturated rings. The first-order valence-corrected chi connectivity index (χ1v) is 12.5. The first-order chi connectivity index (χ1) is 13.5. The second-order valence-corrected chi connectivity index (χ2v) is 11.5. The quantitative estimate of drug-likeness (QED) is 0.408. The second kappa shape index (κ2) is 8.84. The molecule has 4 rings (SSSR count). The van der Waals surface area contributed by atoms with Gasteiger partial charge in [-0.2, -0.15) is 0 Å². The fraction of sp³-hybridized carbons (Fsp3) is 0.545. The maximum atomic E-state index is 13.6. The molecule has 1 saturated heterocycles. The molecular formula is C22H26Br2FNOS. The number of ether oxygens (including phenoxy) is 1. The summed E-state index contributed by atoms with van der Waals surface area (Å²) in [4.78, 5) is 1.31. The Balaban J connectivity index is 1.47. The van der Waals surface area contributed by atoms with Crippen LogP contribution in [0, 0.1) is 5.82 Å². The Hall–Kier alpha value is -0.270. The van der Waals surface area contributed by atoms with Crippen LogP contribution in [-0.2, 0) is 16.7 Å². The standard InChI is InChI=1S/C22H26Br2FNOS/c23-19-13-18(28-20(19)24)14-26-11-9-21(16-3-5-17(25)6-4-16)10-12-27-22(15-21)7-1-2-8-22/h3-6,13,26H,1-2,7-12,14-15H2/t21-/m1/s1. The van der Waals surface area contributed by atoms with Crippen molar-refractivity contribution in [3.8, 4) is 0 Å². The van der Waals surface area contributed by atoms with Crippen LogP contribution in [0.1, 0.15) is 55.4 Å². The van der Waals surface area contributed by atoms with E-state index < -0.39 is 0 Å². The van der Waals surface area contributed by atoms with Gasteiger partial charge < -0.3 is 10.1 Å². The molecule has 28 heavy (non-hydrogen) atoms. The largest absolute Gasteiger partial charge is 0.375 e. The van der Waals surface area contributed by atoms with Crippen molar-refractivity contribution in [3.05, 3.63) is 54.8 Å². The SMILES string of the molecule is Fc1ccc([C@]2(CCNCc3cc(Br)c(Br)s3)CCOC3(CCCC3)C2)cc1. The molecule has 0 unspecified atom stereocenters. The van der Waals surface area contributed by atoms with Crippen molar-refractivity contribution < 1.29 is 9.13 Å². The van der Waals surface area contributed by atoms with E-state index in [0.29, 0.717) is 0 Å². The van der Waals surface area contributed by atoms with Crippen LogP contribution in [0.5, 0.6) is 0 Å². The summed E-state index contributed by atoms with van der Waals surface area (Å²) in [5.41, 5.74) is 1.38. The molecule has 0 bridgehead atoms. The highest BCUT2D eigenvalue weighted by molar-refractivity contribution is 9.13. The molecule has 2 aliphatic rings. The summed E-state index contributed by atoms with van der Waals surface area (Å²) in [5.74, 6) is -0.159. The van der Waals surface area contributed by atoms with Crippen molar-refractivity contribution in [3.63, 3.8) is 0 Å². The van der Waals surface area contributed by atoms with Gasteiger partial charge in [0.2, 0.25) is 0 Å². The van der Waals surface area contributed by atoms with Crippen LogP contribution < -0.4 is 5.32 Å². The van der Waals surface area contributed by atoms with Crippen LogP contribution in [0.25, 0.3) is 0 Å². The van der Waals surface area contributed by atoms with E-state index in [1.807, 2.05) is 12.1 Å². The third kappa shape index (κ3) is 4.56. The zero-order chi connectivity index (χ0) is 19.6. The second-order valence-electron chi connectivity index (χ2n) is 8.21. The van der Waals surface area contributed by atoms with Crippen molar-refractivity contribution >= 4 is 43.2 Å². The molecule has 1 aromatic heterocycles. The van der Waals surface area contributed by atoms with Gasteiger partial charge in [-0.05, 0) is 94.3 Å². The lowest BCUT2D eigenvalue weighted by Crippen LogP contribution is -2.47. The van der Waals surface area contributed by atoms with Crippen molar-refractivity contribution in [1.29, 1.82) is 0 Å². The van der Waals surface area contributed by atoms with E-state index in [0.717, 1.165) is 47.2 Å². The van der Waals surface area contributed by atoms with E-state index >= 15 is 0 Å². The Morgan fingerprint density at radius 3 is 2.54 bits per heavy atom. The monoisotopic (exact) mass is 529 g/mol. The number of benzene rings is 1. The van der Waals surface area contributed by atoms with Crippen molar-refractivity contribution in [2.75, 3.05) is 13.2 Å². The normalized spacial score (nSPS) is 24.1. The molecule has 1 aliphatic heterocycles. The third-order valence-electron chi connectivity index (χ3n) is 6.40. The molecule has 1 atom stereocenters. The number of rotatable bonds is 6. The topological polar surface area (TPSA) is 21.3 Å². The predicted octanol–water partition coefficient (Wildman–Crippen LogP) is 6.95. The zero-order valence-electron chi connectivity index (χ0n) is 15.9. The molecule has 1 N–H and O–H groups in total. The van der Waals surface area contributed by atoms with Crippen molar-refractivity contribution in [2.24, 2.45) is 0 Å². The molecule has 6 heteroatoms. The molecule has 2 nitrogen and oxygen atoms in total. The summed E-state index contributed by atoms with van der Waals surface area (Å²) in [6.07, 6.45) is 7.99. The van der Waals surface area contributed by atoms with Crippen LogP contribution in [0.3, 0.4) is 0 Å². The van der Waals surface area contributed by atoms with Crippen molar-refractivity contribution in [2.45, 2.75) is 62.5 Å². The van der Waals surface area contributed by atoms with Gasteiger partial charge in [0.1, 0.15) is 5.82 Å². The fourth-order valence-electron chi connectivity index (χ4n) is 4.98. The van der Waals surface area contributed by atoms with E-state index in [1.165, 1.54) is 36.1 Å². The van der Waals surface area contributed by atoms with Gasteiger partial charge in [-0.3, -0.25) is 0 Å². The minimum atomic E-state index is -0.159. The van der Waals surface area contributed by atoms with Crippen LogP contribution in [0.4, 0.5) is 4.39 Å². The molecule has 1 aliphatic carbocycles. The van der Waals surface area contributed by atoms with Crippen LogP contribution in [0.2, 0.25) is 0 Å². The molecule has 0 amide bonds. The van der Waals surface area contributed by atoms with Gasteiger partial charge >= 0.3 is 0 Å². The molecule has 2 aromatic rings. The highest BCUT2D eigenvalue weighted by Crippen LogP contribution is 2.50. The highest BCUT2D eigenvalue weighted by Gasteiger charge is 2.47. The lowest BCUT2D eigenvalue weighted by molar-refractivity contribution is -0.103. The molecule has 152 valence electrons. The molecule has 1 spiro atoms. The predicted molar refractivity (Wildman–Crippen MR) is 121 cm³/mol. The number of hydrogen-bond acceptors (Lipinski definition) is 3. The third-order valence-corrected chi connectivity index (χ3v) is 9.65. The van der Waals surface area contributed by atoms with Gasteiger partial charge in [0.15, 0.2) is 0 Å². The first kappa shape index (κ1) is 21.0. The number of halogens is 3. The van der Waals surface area contributed by atoms with Gasteiger partial charge in [-0.25, -0.2) is 4.39 Å². The summed E-state index contributed by atoms with van der Waals surface area (Å²) in [6, 6.07) is 9.39. The Bertz CT molecular complexity index is 784. The number of hydrogen-bond donors (Lipinski definition) is 1. The zero-order valence-corrected chi connectivity index (χ0v) is 19.9. The maximum Gasteiger partial charge on any atom is 0.123 e. The van der Waals surface area contributed by atoms with E-state index in [9.17, 15) is 4.39 Å². The van der Waals surface area contributed by atoms with E-state index in [1.54, 1.807) is 23.5 Å². The molecular weight excluding hydrogens is 505 g/mol. The molecule has 0 radical (unpaired) electrons. The lowest BCUT2D eigenvalue weighted by Gasteiger charge is -2.47. The summed E-state index contributed by atoms with van der Waals surface area (Å²) < 4.78 is 22.1. The van der Waals surface area contributed by atoms with Gasteiger partial charge in [0.25, 0.3) is 0 Å². The summed E-state index contributed by atoms with van der Waals surface area (Å²) >= 11 is 8.88. The summed E-state index contributed by atoms with van der Waals surface area (Å²) in [7, 11) is 0. The van der Waals surface area contributed by atoms with Crippen LogP contribution >= 0.6 is 43.2 Å². The first-order valence-electron chi connectivity index (χ1n) is 10.0. The van der Waals surface area contributed by atoms with Gasteiger partial charge in [0.05, 0.1) is 9.39 Å². The molecule has 2 heterocycles. The van der Waals surface area contributed by atoms with Gasteiger partial charge in [-0.1, -0.05) is 25.0 Å². The lowest BCUT2D eigenvalue weighted by atomic mass is 9.66. The smallest absolute Gasteiger partial charge is 0.123 e. The average molecular weight is 531 g/mol. The summed E-state index contributed by atoms with van der Waals surface area (Å²) in [6.45, 7) is 2.62. The molecule has 1 aromatic carbocycles. The Labute approximate surface area is 187 Å². The number of nitrogens with one attached hydrogen (secondary N) is 1. The van der Waals surface area contributed by atoms with Crippen LogP contribution in [0.15, 0.2) is 38.6 Å². The maximum absolute atomic E-state index is 13.6.